The number of carboxylic acid groups (broad SMARTS) is 1. The van der Waals surface area contributed by atoms with E-state index in [4.69, 9.17) is 5.11 Å². The fraction of sp³-hybridized carbons (Fsp3) is 0.833. The molecule has 0 atom stereocenters. The van der Waals surface area contributed by atoms with Crippen molar-refractivity contribution in [3.8, 4) is 0 Å². The number of unbranched alkanes of at least 4 members (excludes halogenated alkanes) is 3. The number of hydrogen-bond acceptors (Lipinski definition) is 2. The molecule has 0 unspecified atom stereocenters. The highest BCUT2D eigenvalue weighted by atomic mass is 16.4. The number of nitrogens with one attached hydrogen (secondary N) is 1. The molecule has 0 aliphatic carbocycles. The summed E-state index contributed by atoms with van der Waals surface area (Å²) in [4.78, 5) is 23.7. The Hall–Kier alpha value is -1.26. The fourth-order valence-corrected chi connectivity index (χ4v) is 1.97. The van der Waals surface area contributed by atoms with E-state index in [0.29, 0.717) is 13.1 Å². The minimum Gasteiger partial charge on any atom is -0.481 e. The number of nitrogens with zero attached hydrogens (tertiary/aromatic N) is 1. The molecule has 1 saturated heterocycles. The Morgan fingerprint density at radius 1 is 1.29 bits per heavy atom. The molecule has 1 heterocycles. The minimum absolute atomic E-state index is 0.0527. The molecule has 1 fully saturated rings. The lowest BCUT2D eigenvalue weighted by Crippen LogP contribution is -2.54. The summed E-state index contributed by atoms with van der Waals surface area (Å²) in [5, 5.41) is 11.4. The standard InChI is InChI=1S/C12H22N2O3/c1-2-3-4-5-6-13-12(17)14-8-10(9-14)7-11(15)16/h10H,2-9H2,1H3,(H,13,17)(H,15,16). The van der Waals surface area contributed by atoms with Crippen LogP contribution in [0.3, 0.4) is 0 Å². The van der Waals surface area contributed by atoms with Gasteiger partial charge in [0.05, 0.1) is 6.42 Å². The van der Waals surface area contributed by atoms with Crippen LogP contribution in [-0.4, -0.2) is 41.6 Å². The number of carboxylic acids is 1. The molecule has 0 saturated carbocycles. The summed E-state index contributed by atoms with van der Waals surface area (Å²) >= 11 is 0. The lowest BCUT2D eigenvalue weighted by Gasteiger charge is -2.38. The number of likely N-dealkylation sites (tertiary alicyclic amines) is 1. The van der Waals surface area contributed by atoms with Crippen molar-refractivity contribution in [1.29, 1.82) is 0 Å². The summed E-state index contributed by atoms with van der Waals surface area (Å²) in [6.45, 7) is 4.03. The molecule has 0 aromatic heterocycles. The van der Waals surface area contributed by atoms with Crippen LogP contribution in [0.2, 0.25) is 0 Å². The van der Waals surface area contributed by atoms with E-state index in [1.807, 2.05) is 0 Å². The molecule has 0 bridgehead atoms. The Morgan fingerprint density at radius 2 is 2.00 bits per heavy atom. The van der Waals surface area contributed by atoms with Crippen molar-refractivity contribution in [3.63, 3.8) is 0 Å². The van der Waals surface area contributed by atoms with Crippen LogP contribution >= 0.6 is 0 Å². The molecule has 5 nitrogen and oxygen atoms in total. The third kappa shape index (κ3) is 5.06. The van der Waals surface area contributed by atoms with Crippen LogP contribution in [0.1, 0.15) is 39.0 Å². The summed E-state index contributed by atoms with van der Waals surface area (Å²) in [7, 11) is 0. The van der Waals surface area contributed by atoms with Crippen molar-refractivity contribution in [2.75, 3.05) is 19.6 Å². The number of amides is 2. The first-order valence-corrected chi connectivity index (χ1v) is 6.38. The van der Waals surface area contributed by atoms with Crippen molar-refractivity contribution >= 4 is 12.0 Å². The summed E-state index contributed by atoms with van der Waals surface area (Å²) in [6, 6.07) is -0.0527. The van der Waals surface area contributed by atoms with Crippen LogP contribution < -0.4 is 5.32 Å². The molecule has 1 aliphatic rings. The highest BCUT2D eigenvalue weighted by Gasteiger charge is 2.31. The van der Waals surface area contributed by atoms with Gasteiger partial charge in [0.15, 0.2) is 0 Å². The smallest absolute Gasteiger partial charge is 0.317 e. The van der Waals surface area contributed by atoms with Crippen molar-refractivity contribution in [3.05, 3.63) is 0 Å². The summed E-state index contributed by atoms with van der Waals surface area (Å²) in [5.74, 6) is -0.645. The van der Waals surface area contributed by atoms with Gasteiger partial charge in [0.25, 0.3) is 0 Å². The van der Waals surface area contributed by atoms with E-state index in [2.05, 4.69) is 12.2 Å². The Bertz CT molecular complexity index is 262. The largest absolute Gasteiger partial charge is 0.481 e. The van der Waals surface area contributed by atoms with Crippen LogP contribution in [-0.2, 0) is 4.79 Å². The molecule has 98 valence electrons. The molecular formula is C12H22N2O3. The fourth-order valence-electron chi connectivity index (χ4n) is 1.97. The Morgan fingerprint density at radius 3 is 2.59 bits per heavy atom. The summed E-state index contributed by atoms with van der Waals surface area (Å²) in [6.07, 6.45) is 4.74. The molecule has 0 spiro atoms. The summed E-state index contributed by atoms with van der Waals surface area (Å²) in [5.41, 5.74) is 0. The predicted molar refractivity (Wildman–Crippen MR) is 64.9 cm³/mol. The highest BCUT2D eigenvalue weighted by molar-refractivity contribution is 5.75. The van der Waals surface area contributed by atoms with Crippen LogP contribution in [0.15, 0.2) is 0 Å². The molecule has 0 radical (unpaired) electrons. The van der Waals surface area contributed by atoms with Crippen LogP contribution in [0.4, 0.5) is 4.79 Å². The monoisotopic (exact) mass is 242 g/mol. The Labute approximate surface area is 102 Å². The number of urea groups is 1. The van der Waals surface area contributed by atoms with Gasteiger partial charge in [-0.05, 0) is 6.42 Å². The number of hydrogen-bond donors (Lipinski definition) is 2. The number of rotatable bonds is 7. The van der Waals surface area contributed by atoms with E-state index in [1.165, 1.54) is 12.8 Å². The second-order valence-electron chi connectivity index (χ2n) is 4.66. The topological polar surface area (TPSA) is 69.6 Å². The zero-order valence-electron chi connectivity index (χ0n) is 10.4. The average molecular weight is 242 g/mol. The van der Waals surface area contributed by atoms with E-state index >= 15 is 0 Å². The van der Waals surface area contributed by atoms with Gasteiger partial charge >= 0.3 is 12.0 Å². The van der Waals surface area contributed by atoms with Crippen LogP contribution in [0.5, 0.6) is 0 Å². The molecule has 5 heteroatoms. The number of carbonyl (C=O) groups excluding carboxylic acids is 1. The highest BCUT2D eigenvalue weighted by Crippen LogP contribution is 2.18. The van der Waals surface area contributed by atoms with Gasteiger partial charge in [-0.15, -0.1) is 0 Å². The van der Waals surface area contributed by atoms with Crippen molar-refractivity contribution in [2.45, 2.75) is 39.0 Å². The maximum absolute atomic E-state index is 11.6. The SMILES string of the molecule is CCCCCCNC(=O)N1CC(CC(=O)O)C1. The lowest BCUT2D eigenvalue weighted by molar-refractivity contribution is -0.139. The van der Waals surface area contributed by atoms with Crippen molar-refractivity contribution < 1.29 is 14.7 Å². The second-order valence-corrected chi connectivity index (χ2v) is 4.66. The predicted octanol–water partition coefficient (Wildman–Crippen LogP) is 1.68. The first kappa shape index (κ1) is 13.8. The maximum atomic E-state index is 11.6. The Balaban J connectivity index is 2.01. The zero-order chi connectivity index (χ0) is 12.7. The Kier molecular flexibility index (Phi) is 5.80. The zero-order valence-corrected chi connectivity index (χ0v) is 10.4. The van der Waals surface area contributed by atoms with Gasteiger partial charge in [-0.1, -0.05) is 26.2 Å². The first-order valence-electron chi connectivity index (χ1n) is 6.38. The van der Waals surface area contributed by atoms with E-state index < -0.39 is 5.97 Å². The van der Waals surface area contributed by atoms with E-state index in [0.717, 1.165) is 19.4 Å². The normalized spacial score (nSPS) is 15.5. The molecule has 1 rings (SSSR count). The van der Waals surface area contributed by atoms with E-state index in [1.54, 1.807) is 4.90 Å². The summed E-state index contributed by atoms with van der Waals surface area (Å²) < 4.78 is 0. The molecule has 2 amide bonds. The third-order valence-electron chi connectivity index (χ3n) is 3.01. The molecule has 1 aliphatic heterocycles. The van der Waals surface area contributed by atoms with Gasteiger partial charge in [0, 0.05) is 25.6 Å². The second kappa shape index (κ2) is 7.14. The van der Waals surface area contributed by atoms with Gasteiger partial charge in [-0.25, -0.2) is 4.79 Å². The van der Waals surface area contributed by atoms with E-state index in [9.17, 15) is 9.59 Å². The number of carbonyl (C=O) groups is 2. The lowest BCUT2D eigenvalue weighted by atomic mass is 9.97. The van der Waals surface area contributed by atoms with Gasteiger partial charge < -0.3 is 15.3 Å². The minimum atomic E-state index is -0.783. The maximum Gasteiger partial charge on any atom is 0.317 e. The van der Waals surface area contributed by atoms with Crippen molar-refractivity contribution in [2.24, 2.45) is 5.92 Å². The van der Waals surface area contributed by atoms with Gasteiger partial charge in [-0.2, -0.15) is 0 Å². The van der Waals surface area contributed by atoms with Crippen LogP contribution in [0.25, 0.3) is 0 Å². The number of aliphatic carboxylic acids is 1. The third-order valence-corrected chi connectivity index (χ3v) is 3.01. The van der Waals surface area contributed by atoms with Gasteiger partial charge in [0.1, 0.15) is 0 Å². The molecular weight excluding hydrogens is 220 g/mol. The quantitative estimate of drug-likeness (QED) is 0.667. The molecule has 0 aromatic rings. The van der Waals surface area contributed by atoms with Gasteiger partial charge in [-0.3, -0.25) is 4.79 Å². The molecule has 2 N–H and O–H groups in total. The van der Waals surface area contributed by atoms with Crippen LogP contribution in [0, 0.1) is 5.92 Å². The molecule has 17 heavy (non-hydrogen) atoms. The average Bonchev–Trinajstić information content (AvgIpc) is 2.22. The van der Waals surface area contributed by atoms with Gasteiger partial charge in [0.2, 0.25) is 0 Å². The molecule has 0 aromatic carbocycles. The van der Waals surface area contributed by atoms with E-state index in [-0.39, 0.29) is 18.4 Å². The first-order chi connectivity index (χ1) is 8.13. The van der Waals surface area contributed by atoms with Crippen molar-refractivity contribution in [1.82, 2.24) is 10.2 Å².